The Labute approximate surface area is 197 Å². The highest BCUT2D eigenvalue weighted by Crippen LogP contribution is 2.43. The van der Waals surface area contributed by atoms with Gasteiger partial charge < -0.3 is 15.2 Å². The third kappa shape index (κ3) is 4.56. The van der Waals surface area contributed by atoms with Crippen molar-refractivity contribution in [3.8, 4) is 5.75 Å². The Balaban J connectivity index is 1.38. The zero-order chi connectivity index (χ0) is 22.6. The normalized spacial score (nSPS) is 23.8. The Morgan fingerprint density at radius 2 is 1.70 bits per heavy atom. The highest BCUT2D eigenvalue weighted by atomic mass is 16.5. The molecule has 0 saturated carbocycles. The van der Waals surface area contributed by atoms with E-state index in [1.807, 2.05) is 12.1 Å². The number of nitrogens with one attached hydrogen (secondary N) is 1. The van der Waals surface area contributed by atoms with Crippen LogP contribution in [0.25, 0.3) is 0 Å². The SMILES string of the molecule is COc1ccc(CO)cc1CCNC1C2CCN(C2)C1C(c1ccccc1)c1ccccc1. The van der Waals surface area contributed by atoms with Crippen LogP contribution in [0, 0.1) is 5.92 Å². The molecule has 2 aliphatic rings. The summed E-state index contributed by atoms with van der Waals surface area (Å²) in [5.74, 6) is 1.94. The number of aliphatic hydroxyl groups is 1. The van der Waals surface area contributed by atoms with E-state index in [9.17, 15) is 5.11 Å². The quantitative estimate of drug-likeness (QED) is 0.521. The van der Waals surface area contributed by atoms with E-state index in [1.54, 1.807) is 7.11 Å². The lowest BCUT2D eigenvalue weighted by atomic mass is 9.78. The Morgan fingerprint density at radius 3 is 2.33 bits per heavy atom. The average Bonchev–Trinajstić information content (AvgIpc) is 3.48. The van der Waals surface area contributed by atoms with Crippen LogP contribution in [0.2, 0.25) is 0 Å². The van der Waals surface area contributed by atoms with Crippen molar-refractivity contribution in [3.05, 3.63) is 101 Å². The van der Waals surface area contributed by atoms with E-state index in [0.717, 1.165) is 29.8 Å². The van der Waals surface area contributed by atoms with Gasteiger partial charge >= 0.3 is 0 Å². The largest absolute Gasteiger partial charge is 0.496 e. The van der Waals surface area contributed by atoms with Gasteiger partial charge in [-0.1, -0.05) is 66.7 Å². The van der Waals surface area contributed by atoms with Crippen LogP contribution in [0.15, 0.2) is 78.9 Å². The van der Waals surface area contributed by atoms with Gasteiger partial charge in [-0.2, -0.15) is 0 Å². The predicted molar refractivity (Wildman–Crippen MR) is 133 cm³/mol. The first-order valence-electron chi connectivity index (χ1n) is 12.1. The summed E-state index contributed by atoms with van der Waals surface area (Å²) in [5, 5.41) is 13.5. The summed E-state index contributed by atoms with van der Waals surface area (Å²) in [6.07, 6.45) is 2.15. The van der Waals surface area contributed by atoms with E-state index in [2.05, 4.69) is 76.9 Å². The second kappa shape index (κ2) is 10.1. The zero-order valence-corrected chi connectivity index (χ0v) is 19.4. The fraction of sp³-hybridized carbons (Fsp3) is 0.379. The molecule has 2 N–H and O–H groups in total. The van der Waals surface area contributed by atoms with Crippen molar-refractivity contribution in [1.82, 2.24) is 10.2 Å². The van der Waals surface area contributed by atoms with E-state index in [-0.39, 0.29) is 6.61 Å². The molecular weight excluding hydrogens is 408 g/mol. The number of fused-ring (bicyclic) bond motifs is 2. The highest BCUT2D eigenvalue weighted by Gasteiger charge is 2.49. The minimum absolute atomic E-state index is 0.0575. The van der Waals surface area contributed by atoms with Gasteiger partial charge in [-0.3, -0.25) is 4.90 Å². The molecule has 4 nitrogen and oxygen atoms in total. The average molecular weight is 443 g/mol. The summed E-state index contributed by atoms with van der Waals surface area (Å²) in [4.78, 5) is 2.71. The molecule has 4 unspecified atom stereocenters. The first-order chi connectivity index (χ1) is 16.3. The molecule has 5 rings (SSSR count). The van der Waals surface area contributed by atoms with Crippen LogP contribution in [0.5, 0.6) is 5.75 Å². The topological polar surface area (TPSA) is 44.7 Å². The van der Waals surface area contributed by atoms with Crippen molar-refractivity contribution in [2.75, 3.05) is 26.7 Å². The molecule has 2 saturated heterocycles. The fourth-order valence-electron chi connectivity index (χ4n) is 6.00. The van der Waals surface area contributed by atoms with Crippen molar-refractivity contribution < 1.29 is 9.84 Å². The number of piperidine rings is 1. The Bertz CT molecular complexity index is 1000. The van der Waals surface area contributed by atoms with Gasteiger partial charge in [0.1, 0.15) is 5.75 Å². The van der Waals surface area contributed by atoms with Crippen molar-refractivity contribution in [3.63, 3.8) is 0 Å². The molecule has 172 valence electrons. The Kier molecular flexibility index (Phi) is 6.77. The smallest absolute Gasteiger partial charge is 0.122 e. The summed E-state index contributed by atoms with van der Waals surface area (Å²) < 4.78 is 5.57. The van der Waals surface area contributed by atoms with E-state index in [4.69, 9.17) is 4.74 Å². The molecule has 4 atom stereocenters. The maximum absolute atomic E-state index is 9.55. The molecule has 0 spiro atoms. The van der Waals surface area contributed by atoms with Gasteiger partial charge in [-0.15, -0.1) is 0 Å². The number of rotatable bonds is 9. The minimum Gasteiger partial charge on any atom is -0.496 e. The number of nitrogens with zero attached hydrogens (tertiary/aromatic N) is 1. The van der Waals surface area contributed by atoms with Crippen molar-refractivity contribution >= 4 is 0 Å². The lowest BCUT2D eigenvalue weighted by Gasteiger charge is -2.39. The Morgan fingerprint density at radius 1 is 1.00 bits per heavy atom. The molecule has 3 aromatic rings. The maximum atomic E-state index is 9.55. The molecule has 3 aromatic carbocycles. The van der Waals surface area contributed by atoms with E-state index in [0.29, 0.717) is 23.9 Å². The zero-order valence-electron chi connectivity index (χ0n) is 19.4. The summed E-state index contributed by atoms with van der Waals surface area (Å²) in [5.41, 5.74) is 4.87. The second-order valence-electron chi connectivity index (χ2n) is 9.37. The molecule has 2 fully saturated rings. The second-order valence-corrected chi connectivity index (χ2v) is 9.37. The lowest BCUT2D eigenvalue weighted by molar-refractivity contribution is 0.198. The number of hydrogen-bond donors (Lipinski definition) is 2. The standard InChI is InChI=1S/C29H34N2O2/c1-33-26-13-12-21(20-32)18-24(26)14-16-30-28-25-15-17-31(19-25)29(28)27(22-8-4-2-5-9-22)23-10-6-3-7-11-23/h2-13,18,25,27-30,32H,14-17,19-20H2,1H3. The van der Waals surface area contributed by atoms with Gasteiger partial charge in [-0.05, 0) is 66.2 Å². The molecule has 2 aliphatic heterocycles. The van der Waals surface area contributed by atoms with Gasteiger partial charge in [0.2, 0.25) is 0 Å². The summed E-state index contributed by atoms with van der Waals surface area (Å²) in [6.45, 7) is 3.33. The first-order valence-corrected chi connectivity index (χ1v) is 12.1. The lowest BCUT2D eigenvalue weighted by Crippen LogP contribution is -2.51. The number of benzene rings is 3. The number of aliphatic hydroxyl groups excluding tert-OH is 1. The van der Waals surface area contributed by atoms with Crippen LogP contribution in [0.3, 0.4) is 0 Å². The van der Waals surface area contributed by atoms with Crippen molar-refractivity contribution in [2.24, 2.45) is 5.92 Å². The van der Waals surface area contributed by atoms with Crippen LogP contribution >= 0.6 is 0 Å². The van der Waals surface area contributed by atoms with Crippen LogP contribution in [0.4, 0.5) is 0 Å². The number of methoxy groups -OCH3 is 1. The van der Waals surface area contributed by atoms with Gasteiger partial charge in [0.05, 0.1) is 13.7 Å². The predicted octanol–water partition coefficient (Wildman–Crippen LogP) is 4.22. The van der Waals surface area contributed by atoms with Crippen LogP contribution in [0.1, 0.15) is 34.6 Å². The molecule has 33 heavy (non-hydrogen) atoms. The van der Waals surface area contributed by atoms with Gasteiger partial charge in [-0.25, -0.2) is 0 Å². The number of hydrogen-bond acceptors (Lipinski definition) is 4. The summed E-state index contributed by atoms with van der Waals surface area (Å²) >= 11 is 0. The van der Waals surface area contributed by atoms with Gasteiger partial charge in [0.15, 0.2) is 0 Å². The minimum atomic E-state index is 0.0575. The first kappa shape index (κ1) is 22.1. The third-order valence-electron chi connectivity index (χ3n) is 7.51. The molecule has 2 bridgehead atoms. The van der Waals surface area contributed by atoms with Gasteiger partial charge in [0.25, 0.3) is 0 Å². The number of ether oxygens (including phenoxy) is 1. The molecule has 0 radical (unpaired) electrons. The molecule has 0 amide bonds. The molecular formula is C29H34N2O2. The molecule has 2 heterocycles. The van der Waals surface area contributed by atoms with Crippen LogP contribution in [-0.2, 0) is 13.0 Å². The van der Waals surface area contributed by atoms with Crippen LogP contribution < -0.4 is 10.1 Å². The summed E-state index contributed by atoms with van der Waals surface area (Å²) in [7, 11) is 1.72. The molecule has 0 aromatic heterocycles. The van der Waals surface area contributed by atoms with E-state index in [1.165, 1.54) is 30.6 Å². The highest BCUT2D eigenvalue weighted by molar-refractivity contribution is 5.38. The van der Waals surface area contributed by atoms with Crippen molar-refractivity contribution in [1.29, 1.82) is 0 Å². The molecule has 4 heteroatoms. The maximum Gasteiger partial charge on any atom is 0.122 e. The monoisotopic (exact) mass is 442 g/mol. The van der Waals surface area contributed by atoms with Crippen molar-refractivity contribution in [2.45, 2.75) is 37.5 Å². The molecule has 0 aliphatic carbocycles. The van der Waals surface area contributed by atoms with E-state index >= 15 is 0 Å². The van der Waals surface area contributed by atoms with Gasteiger partial charge in [0, 0.05) is 24.5 Å². The van der Waals surface area contributed by atoms with E-state index < -0.39 is 0 Å². The summed E-state index contributed by atoms with van der Waals surface area (Å²) in [6, 6.07) is 28.9. The third-order valence-corrected chi connectivity index (χ3v) is 7.51. The Hall–Kier alpha value is -2.66. The fourth-order valence-corrected chi connectivity index (χ4v) is 6.00. The van der Waals surface area contributed by atoms with Crippen LogP contribution in [-0.4, -0.2) is 48.8 Å².